The van der Waals surface area contributed by atoms with Crippen LogP contribution in [0.25, 0.3) is 10.8 Å². The van der Waals surface area contributed by atoms with Gasteiger partial charge in [-0.25, -0.2) is 0 Å². The lowest BCUT2D eigenvalue weighted by atomic mass is 10.0. The topological polar surface area (TPSA) is 0 Å². The minimum Gasteiger partial charge on any atom is -0.0683 e. The van der Waals surface area contributed by atoms with Crippen LogP contribution in [-0.2, 0) is 0 Å². The molecule has 3 aromatic carbocycles. The third-order valence-electron chi connectivity index (χ3n) is 2.33. The number of benzene rings is 3. The molecule has 0 aromatic heterocycles. The average molecular weight is 585 g/mol. The van der Waals surface area contributed by atoms with Gasteiger partial charge >= 0.3 is 0 Å². The van der Waals surface area contributed by atoms with Gasteiger partial charge in [0.1, 0.15) is 0 Å². The Morgan fingerprint density at radius 1 is 0.238 bits per heavy atom. The van der Waals surface area contributed by atoms with Crippen molar-refractivity contribution in [2.75, 3.05) is 0 Å². The Labute approximate surface area is 269 Å². The molecule has 0 aliphatic carbocycles. The molecule has 0 spiro atoms. The molecule has 3 rings (SSSR count). The zero-order valence-electron chi connectivity index (χ0n) is 33.1. The first-order valence-corrected chi connectivity index (χ1v) is 16.4. The maximum Gasteiger partial charge on any atom is -0.0184 e. The van der Waals surface area contributed by atoms with Crippen molar-refractivity contribution in [3.8, 4) is 0 Å². The molecule has 0 heterocycles. The first-order valence-electron chi connectivity index (χ1n) is 16.4. The van der Waals surface area contributed by atoms with E-state index in [1.54, 1.807) is 0 Å². The van der Waals surface area contributed by atoms with Crippen LogP contribution in [0.5, 0.6) is 0 Å². The zero-order chi connectivity index (χ0) is 35.1. The Morgan fingerprint density at radius 2 is 0.333 bits per heavy atom. The van der Waals surface area contributed by atoms with Crippen molar-refractivity contribution in [2.24, 2.45) is 21.7 Å². The summed E-state index contributed by atoms with van der Waals surface area (Å²) in [5.41, 5.74) is 2.00. The summed E-state index contributed by atoms with van der Waals surface area (Å²) in [6.45, 7) is 47.0. The van der Waals surface area contributed by atoms with Crippen LogP contribution in [0.4, 0.5) is 0 Å². The lowest BCUT2D eigenvalue weighted by Gasteiger charge is -2.05. The van der Waals surface area contributed by atoms with E-state index >= 15 is 0 Å². The van der Waals surface area contributed by atoms with Gasteiger partial charge in [-0.2, -0.15) is 0 Å². The highest BCUT2D eigenvalue weighted by molar-refractivity contribution is 5.82. The van der Waals surface area contributed by atoms with E-state index in [4.69, 9.17) is 0 Å². The summed E-state index contributed by atoms with van der Waals surface area (Å²) in [6, 6.07) is 28.7. The Balaban J connectivity index is -0.0000000916. The van der Waals surface area contributed by atoms with Crippen molar-refractivity contribution in [3.05, 3.63) is 84.9 Å². The third-order valence-corrected chi connectivity index (χ3v) is 2.33. The average Bonchev–Trinajstić information content (AvgIpc) is 2.85. The Bertz CT molecular complexity index is 680. The lowest BCUT2D eigenvalue weighted by molar-refractivity contribution is 0.469. The molecule has 0 atom stereocenters. The molecule has 0 N–H and O–H groups in total. The summed E-state index contributed by atoms with van der Waals surface area (Å²) in [5, 5.41) is 2.62. The van der Waals surface area contributed by atoms with Gasteiger partial charge < -0.3 is 0 Å². The van der Waals surface area contributed by atoms with Gasteiger partial charge in [-0.05, 0) is 32.4 Å². The summed E-state index contributed by atoms with van der Waals surface area (Å²) >= 11 is 0. The van der Waals surface area contributed by atoms with Crippen molar-refractivity contribution in [1.29, 1.82) is 0 Å². The number of hydrogen-bond acceptors (Lipinski definition) is 0. The van der Waals surface area contributed by atoms with Crippen LogP contribution >= 0.6 is 0 Å². The van der Waals surface area contributed by atoms with Crippen LogP contribution in [0, 0.1) is 21.7 Å². The van der Waals surface area contributed by atoms with Crippen LogP contribution in [0.15, 0.2) is 84.9 Å². The first-order chi connectivity index (χ1) is 19.0. The minimum atomic E-state index is 0.500. The second-order valence-corrected chi connectivity index (χ2v) is 15.5. The Kier molecular flexibility index (Phi) is 39.9. The summed E-state index contributed by atoms with van der Waals surface area (Å²) in [4.78, 5) is 0. The molecule has 0 aliphatic heterocycles. The smallest absolute Gasteiger partial charge is 0.0184 e. The molecule has 248 valence electrons. The van der Waals surface area contributed by atoms with Crippen molar-refractivity contribution in [3.63, 3.8) is 0 Å². The van der Waals surface area contributed by atoms with Crippen LogP contribution < -0.4 is 0 Å². The van der Waals surface area contributed by atoms with E-state index < -0.39 is 0 Å². The molecule has 0 aliphatic rings. The maximum atomic E-state index is 2.19. The molecule has 0 bridgehead atoms. The van der Waals surface area contributed by atoms with E-state index in [2.05, 4.69) is 159 Å². The first kappa shape index (κ1) is 52.6. The molecule has 0 amide bonds. The SMILES string of the molecule is CC.CC.CC.CC(C)(C)C.CC(C)(C)C.CC(C)(C)C.CC(C)(C)C.c1ccc2ccccc2c1.c1ccccc1. The fourth-order valence-electron chi connectivity index (χ4n) is 1.52. The van der Waals surface area contributed by atoms with Gasteiger partial charge in [0.15, 0.2) is 0 Å². The van der Waals surface area contributed by atoms with E-state index in [9.17, 15) is 0 Å². The number of fused-ring (bicyclic) bond motifs is 1. The minimum absolute atomic E-state index is 0.500. The van der Waals surface area contributed by atoms with E-state index in [1.165, 1.54) is 10.8 Å². The van der Waals surface area contributed by atoms with Crippen LogP contribution in [-0.4, -0.2) is 0 Å². The monoisotopic (exact) mass is 585 g/mol. The lowest BCUT2D eigenvalue weighted by Crippen LogP contribution is -1.93. The molecule has 0 saturated carbocycles. The van der Waals surface area contributed by atoms with E-state index in [1.807, 2.05) is 77.9 Å². The maximum absolute atomic E-state index is 2.19. The van der Waals surface area contributed by atoms with Crippen molar-refractivity contribution >= 4 is 10.8 Å². The van der Waals surface area contributed by atoms with Crippen molar-refractivity contribution < 1.29 is 0 Å². The Hall–Kier alpha value is -2.08. The third kappa shape index (κ3) is 108. The fraction of sp³-hybridized carbons (Fsp3) is 0.619. The number of rotatable bonds is 0. The molecule has 0 fully saturated rings. The molecular weight excluding hydrogens is 504 g/mol. The fourth-order valence-corrected chi connectivity index (χ4v) is 1.52. The van der Waals surface area contributed by atoms with E-state index in [0.717, 1.165) is 0 Å². The van der Waals surface area contributed by atoms with Gasteiger partial charge in [-0.3, -0.25) is 0 Å². The molecule has 0 radical (unpaired) electrons. The summed E-state index contributed by atoms with van der Waals surface area (Å²) in [6.07, 6.45) is 0. The molecule has 3 aromatic rings. The normalized spacial score (nSPS) is 9.67. The van der Waals surface area contributed by atoms with E-state index in [-0.39, 0.29) is 0 Å². The van der Waals surface area contributed by atoms with Gasteiger partial charge in [-0.15, -0.1) is 0 Å². The summed E-state index contributed by atoms with van der Waals surface area (Å²) in [5.74, 6) is 0. The van der Waals surface area contributed by atoms with E-state index in [0.29, 0.717) is 21.7 Å². The van der Waals surface area contributed by atoms with Gasteiger partial charge in [0.25, 0.3) is 0 Å². The van der Waals surface area contributed by atoms with Crippen LogP contribution in [0.1, 0.15) is 152 Å². The highest BCUT2D eigenvalue weighted by atomic mass is 14.0. The van der Waals surface area contributed by atoms with Gasteiger partial charge in [0, 0.05) is 0 Å². The molecule has 0 nitrogen and oxygen atoms in total. The van der Waals surface area contributed by atoms with Crippen LogP contribution in [0.3, 0.4) is 0 Å². The highest BCUT2D eigenvalue weighted by Crippen LogP contribution is 2.11. The predicted octanol–water partition coefficient (Wildman–Crippen LogP) is 15.8. The molecule has 0 saturated heterocycles. The second kappa shape index (κ2) is 31.8. The largest absolute Gasteiger partial charge is 0.0683 e. The summed E-state index contributed by atoms with van der Waals surface area (Å²) in [7, 11) is 0. The molecular formula is C42H80. The van der Waals surface area contributed by atoms with Gasteiger partial charge in [-0.1, -0.05) is 237 Å². The number of hydrogen-bond donors (Lipinski definition) is 0. The Morgan fingerprint density at radius 3 is 0.429 bits per heavy atom. The predicted molar refractivity (Wildman–Crippen MR) is 205 cm³/mol. The molecule has 0 unspecified atom stereocenters. The standard InChI is InChI=1S/C10H8.C6H6.4C5H12.3C2H6/c1-2-6-10-8-4-3-7-9(10)5-1;1-2-4-6-5-3-1;4*1-5(2,3)4;3*1-2/h1-8H;1-6H;4*1-4H3;3*1-2H3. The van der Waals surface area contributed by atoms with Gasteiger partial charge in [0.2, 0.25) is 0 Å². The molecule has 42 heavy (non-hydrogen) atoms. The van der Waals surface area contributed by atoms with Gasteiger partial charge in [0.05, 0.1) is 0 Å². The summed E-state index contributed by atoms with van der Waals surface area (Å²) < 4.78 is 0. The van der Waals surface area contributed by atoms with Crippen LogP contribution in [0.2, 0.25) is 0 Å². The molecule has 0 heteroatoms. The highest BCUT2D eigenvalue weighted by Gasteiger charge is 1.97. The van der Waals surface area contributed by atoms with Crippen molar-refractivity contribution in [2.45, 2.75) is 152 Å². The second-order valence-electron chi connectivity index (χ2n) is 15.5. The zero-order valence-corrected chi connectivity index (χ0v) is 33.1. The quantitative estimate of drug-likeness (QED) is 0.246. The van der Waals surface area contributed by atoms with Crippen molar-refractivity contribution in [1.82, 2.24) is 0 Å².